The number of ketones is 2. The van der Waals surface area contributed by atoms with Crippen LogP contribution in [0.25, 0.3) is 5.76 Å². The lowest BCUT2D eigenvalue weighted by Crippen LogP contribution is -2.64. The SMILES string of the molecule is CC(=O)Nc1ccc2c(c1O)C(O)=C1C(=O)[C@](O)(C(=O)CC(N)=O)[C@H]([C@@H](CO)N(C)C)C[C@@H]1C2. The van der Waals surface area contributed by atoms with Gasteiger partial charge in [-0.2, -0.15) is 0 Å². The zero-order valence-electron chi connectivity index (χ0n) is 19.2. The minimum Gasteiger partial charge on any atom is -0.507 e. The van der Waals surface area contributed by atoms with Crippen LogP contribution in [0.3, 0.4) is 0 Å². The molecule has 0 radical (unpaired) electrons. The number of likely N-dealkylation sites (N-methyl/N-ethyl adjacent to an activating group) is 1. The van der Waals surface area contributed by atoms with Crippen molar-refractivity contribution in [1.29, 1.82) is 0 Å². The van der Waals surface area contributed by atoms with E-state index in [2.05, 4.69) is 5.32 Å². The van der Waals surface area contributed by atoms with E-state index < -0.39 is 71.4 Å². The number of phenols is 1. The summed E-state index contributed by atoms with van der Waals surface area (Å²) in [5.41, 5.74) is 2.60. The van der Waals surface area contributed by atoms with Gasteiger partial charge < -0.3 is 36.4 Å². The fourth-order valence-electron chi connectivity index (χ4n) is 5.11. The second-order valence-electron chi connectivity index (χ2n) is 9.06. The molecule has 4 atom stereocenters. The van der Waals surface area contributed by atoms with E-state index in [1.54, 1.807) is 25.1 Å². The van der Waals surface area contributed by atoms with Crippen molar-refractivity contribution in [1.82, 2.24) is 4.90 Å². The van der Waals surface area contributed by atoms with Gasteiger partial charge in [-0.25, -0.2) is 0 Å². The number of amides is 2. The van der Waals surface area contributed by atoms with Crippen LogP contribution < -0.4 is 11.1 Å². The van der Waals surface area contributed by atoms with Gasteiger partial charge in [-0.3, -0.25) is 19.2 Å². The van der Waals surface area contributed by atoms with E-state index in [-0.39, 0.29) is 29.7 Å². The summed E-state index contributed by atoms with van der Waals surface area (Å²) in [5.74, 6) is -6.53. The van der Waals surface area contributed by atoms with Crippen LogP contribution in [0, 0.1) is 11.8 Å². The lowest BCUT2D eigenvalue weighted by Gasteiger charge is -2.47. The van der Waals surface area contributed by atoms with Crippen LogP contribution in [0.1, 0.15) is 30.9 Å². The van der Waals surface area contributed by atoms with Gasteiger partial charge in [0.2, 0.25) is 17.6 Å². The molecule has 0 aromatic heterocycles. The van der Waals surface area contributed by atoms with E-state index in [9.17, 15) is 39.6 Å². The van der Waals surface area contributed by atoms with Crippen molar-refractivity contribution < 1.29 is 39.6 Å². The van der Waals surface area contributed by atoms with Crippen LogP contribution in [0.2, 0.25) is 0 Å². The Morgan fingerprint density at radius 2 is 1.91 bits per heavy atom. The van der Waals surface area contributed by atoms with Crippen LogP contribution >= 0.6 is 0 Å². The van der Waals surface area contributed by atoms with Crippen molar-refractivity contribution in [2.45, 2.75) is 37.8 Å². The molecule has 0 bridgehead atoms. The molecule has 11 nitrogen and oxygen atoms in total. The topological polar surface area (TPSA) is 190 Å². The van der Waals surface area contributed by atoms with Crippen LogP contribution in [-0.2, 0) is 25.6 Å². The first kappa shape index (κ1) is 25.3. The lowest BCUT2D eigenvalue weighted by atomic mass is 9.60. The number of benzene rings is 1. The van der Waals surface area contributed by atoms with Gasteiger partial charge in [-0.05, 0) is 44.5 Å². The Balaban J connectivity index is 2.20. The molecule has 0 unspecified atom stereocenters. The van der Waals surface area contributed by atoms with Crippen LogP contribution in [0.15, 0.2) is 17.7 Å². The van der Waals surface area contributed by atoms with Crippen LogP contribution in [0.5, 0.6) is 5.75 Å². The first-order chi connectivity index (χ1) is 15.8. The minimum absolute atomic E-state index is 0.0194. The zero-order chi connectivity index (χ0) is 25.5. The van der Waals surface area contributed by atoms with Crippen LogP contribution in [-0.4, -0.2) is 81.1 Å². The van der Waals surface area contributed by atoms with Gasteiger partial charge in [0.15, 0.2) is 11.4 Å². The number of fused-ring (bicyclic) bond motifs is 2. The fraction of sp³-hybridized carbons (Fsp3) is 0.478. The largest absolute Gasteiger partial charge is 0.507 e. The number of nitrogens with two attached hydrogens (primary N) is 1. The van der Waals surface area contributed by atoms with Gasteiger partial charge in [0, 0.05) is 24.5 Å². The summed E-state index contributed by atoms with van der Waals surface area (Å²) in [5, 5.41) is 45.7. The molecule has 2 aliphatic carbocycles. The molecule has 184 valence electrons. The van der Waals surface area contributed by atoms with Crippen molar-refractivity contribution in [2.75, 3.05) is 26.0 Å². The average Bonchev–Trinajstić information content (AvgIpc) is 2.72. The summed E-state index contributed by atoms with van der Waals surface area (Å²) in [6.07, 6.45) is -0.683. The number of aliphatic hydroxyl groups is 3. The van der Waals surface area contributed by atoms with E-state index in [1.807, 2.05) is 0 Å². The molecule has 1 fully saturated rings. The van der Waals surface area contributed by atoms with Gasteiger partial charge >= 0.3 is 0 Å². The van der Waals surface area contributed by atoms with Gasteiger partial charge in [0.25, 0.3) is 0 Å². The number of aliphatic hydroxyl groups excluding tert-OH is 2. The molecule has 0 aliphatic heterocycles. The van der Waals surface area contributed by atoms with E-state index in [1.165, 1.54) is 13.0 Å². The second-order valence-corrected chi connectivity index (χ2v) is 9.06. The van der Waals surface area contributed by atoms with Crippen molar-refractivity contribution in [3.8, 4) is 5.75 Å². The highest BCUT2D eigenvalue weighted by atomic mass is 16.3. The van der Waals surface area contributed by atoms with E-state index in [0.717, 1.165) is 0 Å². The van der Waals surface area contributed by atoms with Crippen molar-refractivity contribution in [3.05, 3.63) is 28.8 Å². The Hall–Kier alpha value is -3.28. The summed E-state index contributed by atoms with van der Waals surface area (Å²) in [6, 6.07) is 2.26. The molecule has 0 saturated heterocycles. The molecule has 1 saturated carbocycles. The number of rotatable bonds is 7. The van der Waals surface area contributed by atoms with Crippen LogP contribution in [0.4, 0.5) is 5.69 Å². The first-order valence-corrected chi connectivity index (χ1v) is 10.8. The molecule has 11 heteroatoms. The first-order valence-electron chi connectivity index (χ1n) is 10.8. The number of nitrogens with one attached hydrogen (secondary N) is 1. The number of Topliss-reactive ketones (excluding diaryl/α,β-unsaturated/α-hetero) is 2. The highest BCUT2D eigenvalue weighted by Gasteiger charge is 2.60. The highest BCUT2D eigenvalue weighted by molar-refractivity contribution is 6.23. The Morgan fingerprint density at radius 1 is 1.26 bits per heavy atom. The predicted molar refractivity (Wildman–Crippen MR) is 121 cm³/mol. The van der Waals surface area contributed by atoms with Gasteiger partial charge in [-0.1, -0.05) is 6.07 Å². The molecule has 2 aliphatic rings. The van der Waals surface area contributed by atoms with Gasteiger partial charge in [-0.15, -0.1) is 0 Å². The number of carbonyl (C=O) groups is 4. The number of nitrogens with zero attached hydrogens (tertiary/aromatic N) is 1. The molecular weight excluding hydrogens is 446 g/mol. The Bertz CT molecular complexity index is 1100. The normalized spacial score (nSPS) is 24.9. The molecule has 1 aromatic carbocycles. The fourth-order valence-corrected chi connectivity index (χ4v) is 5.11. The maximum absolute atomic E-state index is 13.7. The number of aromatic hydroxyl groups is 1. The maximum Gasteiger partial charge on any atom is 0.225 e. The van der Waals surface area contributed by atoms with Crippen molar-refractivity contribution >= 4 is 34.8 Å². The Morgan fingerprint density at radius 3 is 2.44 bits per heavy atom. The van der Waals surface area contributed by atoms with Crippen molar-refractivity contribution in [3.63, 3.8) is 0 Å². The second kappa shape index (κ2) is 9.16. The third-order valence-corrected chi connectivity index (χ3v) is 6.68. The number of hydrogen-bond donors (Lipinski definition) is 6. The summed E-state index contributed by atoms with van der Waals surface area (Å²) >= 11 is 0. The third kappa shape index (κ3) is 4.06. The van der Waals surface area contributed by atoms with E-state index >= 15 is 0 Å². The average molecular weight is 475 g/mol. The quantitative estimate of drug-likeness (QED) is 0.222. The Labute approximate surface area is 195 Å². The predicted octanol–water partition coefficient (Wildman–Crippen LogP) is -0.521. The molecule has 7 N–H and O–H groups in total. The lowest BCUT2D eigenvalue weighted by molar-refractivity contribution is -0.163. The third-order valence-electron chi connectivity index (χ3n) is 6.68. The number of anilines is 1. The number of phenolic OH excluding ortho intramolecular Hbond substituents is 1. The number of hydrogen-bond acceptors (Lipinski definition) is 9. The minimum atomic E-state index is -2.73. The van der Waals surface area contributed by atoms with E-state index in [0.29, 0.717) is 5.56 Å². The summed E-state index contributed by atoms with van der Waals surface area (Å²) in [4.78, 5) is 51.1. The molecule has 0 spiro atoms. The summed E-state index contributed by atoms with van der Waals surface area (Å²) in [6.45, 7) is 0.761. The standard InChI is InChI=1S/C23H29N3O8/c1-10(28)25-14-5-4-11-6-12-7-13(15(9-27)26(2)3)23(34,16(29)8-17(24)30)22(33)19(12)21(32)18(11)20(14)31/h4-5,12-13,15,27,31-32,34H,6-9H2,1-3H3,(H2,24,30)(H,25,28)/t12-,13-,15+,23+/m0/s1. The zero-order valence-corrected chi connectivity index (χ0v) is 19.2. The maximum atomic E-state index is 13.7. The molecule has 34 heavy (non-hydrogen) atoms. The summed E-state index contributed by atoms with van der Waals surface area (Å²) in [7, 11) is 3.23. The Kier molecular flexibility index (Phi) is 6.83. The summed E-state index contributed by atoms with van der Waals surface area (Å²) < 4.78 is 0. The molecule has 1 aromatic rings. The van der Waals surface area contributed by atoms with Gasteiger partial charge in [0.05, 0.1) is 24.3 Å². The van der Waals surface area contributed by atoms with Gasteiger partial charge in [0.1, 0.15) is 11.5 Å². The molecule has 3 rings (SSSR count). The molecule has 0 heterocycles. The van der Waals surface area contributed by atoms with E-state index in [4.69, 9.17) is 5.73 Å². The highest BCUT2D eigenvalue weighted by Crippen LogP contribution is 2.50. The number of carbonyl (C=O) groups excluding carboxylic acids is 4. The number of primary amides is 1. The molecular formula is C23H29N3O8. The molecule has 2 amide bonds. The monoisotopic (exact) mass is 475 g/mol. The smallest absolute Gasteiger partial charge is 0.225 e. The van der Waals surface area contributed by atoms with Crippen molar-refractivity contribution in [2.24, 2.45) is 17.6 Å².